The second-order valence-corrected chi connectivity index (χ2v) is 4.37. The van der Waals surface area contributed by atoms with Crippen LogP contribution >= 0.6 is 0 Å². The number of guanidine groups is 1. The molecule has 0 aromatic carbocycles. The number of nitrogens with two attached hydrogens (primary N) is 1. The smallest absolute Gasteiger partial charge is 0.195 e. The van der Waals surface area contributed by atoms with E-state index in [4.69, 9.17) is 5.73 Å². The van der Waals surface area contributed by atoms with Crippen LogP contribution in [-0.2, 0) is 0 Å². The molecule has 0 aromatic rings. The molecule has 0 heterocycles. The molecule has 0 rings (SSSR count). The van der Waals surface area contributed by atoms with Crippen LogP contribution in [0.3, 0.4) is 0 Å². The zero-order valence-electron chi connectivity index (χ0n) is 10.8. The Morgan fingerprint density at radius 1 is 1.38 bits per heavy atom. The molecule has 0 aliphatic rings. The first-order valence-corrected chi connectivity index (χ1v) is 5.40. The summed E-state index contributed by atoms with van der Waals surface area (Å²) in [5.41, 5.74) is 7.08. The van der Waals surface area contributed by atoms with Crippen LogP contribution < -0.4 is 5.73 Å². The first-order valence-electron chi connectivity index (χ1n) is 5.40. The van der Waals surface area contributed by atoms with E-state index in [2.05, 4.69) is 38.1 Å². The zero-order chi connectivity index (χ0) is 12.7. The molecule has 0 bridgehead atoms. The summed E-state index contributed by atoms with van der Waals surface area (Å²) in [5.74, 6) is 1.08. The van der Waals surface area contributed by atoms with E-state index in [0.717, 1.165) is 12.0 Å². The monoisotopic (exact) mass is 221 g/mol. The summed E-state index contributed by atoms with van der Waals surface area (Å²) in [6, 6.07) is 0. The number of allylic oxidation sites excluding steroid dienone is 2. The lowest BCUT2D eigenvalue weighted by molar-refractivity contribution is 0.613. The van der Waals surface area contributed by atoms with Crippen molar-refractivity contribution in [2.45, 2.75) is 20.3 Å². The fourth-order valence-corrected chi connectivity index (χ4v) is 0.889. The Hall–Kier alpha value is -1.51. The summed E-state index contributed by atoms with van der Waals surface area (Å²) in [4.78, 5) is 5.88. The van der Waals surface area contributed by atoms with Gasteiger partial charge in [-0.3, -0.25) is 0 Å². The molecule has 16 heavy (non-hydrogen) atoms. The molecule has 0 atom stereocenters. The maximum absolute atomic E-state index is 5.68. The van der Waals surface area contributed by atoms with Gasteiger partial charge in [-0.1, -0.05) is 39.2 Å². The van der Waals surface area contributed by atoms with Crippen LogP contribution in [0.1, 0.15) is 20.3 Å². The van der Waals surface area contributed by atoms with Crippen molar-refractivity contribution < 1.29 is 0 Å². The van der Waals surface area contributed by atoms with E-state index in [1.165, 1.54) is 0 Å². The van der Waals surface area contributed by atoms with Crippen molar-refractivity contribution in [1.82, 2.24) is 4.90 Å². The van der Waals surface area contributed by atoms with E-state index in [9.17, 15) is 0 Å². The van der Waals surface area contributed by atoms with Crippen LogP contribution in [0.5, 0.6) is 0 Å². The number of hydrogen-bond donors (Lipinski definition) is 1. The second-order valence-electron chi connectivity index (χ2n) is 4.37. The van der Waals surface area contributed by atoms with Crippen LogP contribution in [0.2, 0.25) is 0 Å². The summed E-state index contributed by atoms with van der Waals surface area (Å²) >= 11 is 0. The molecular formula is C13H23N3. The molecule has 0 fully saturated rings. The van der Waals surface area contributed by atoms with Gasteiger partial charge >= 0.3 is 0 Å². The topological polar surface area (TPSA) is 41.6 Å². The maximum atomic E-state index is 5.68. The highest BCUT2D eigenvalue weighted by molar-refractivity contribution is 5.79. The lowest BCUT2D eigenvalue weighted by Crippen LogP contribution is -2.30. The molecule has 0 aliphatic heterocycles. The summed E-state index contributed by atoms with van der Waals surface area (Å²) in [5, 5.41) is 0. The first-order chi connectivity index (χ1) is 7.34. The number of hydrogen-bond acceptors (Lipinski definition) is 1. The van der Waals surface area contributed by atoms with E-state index in [-0.39, 0.29) is 0 Å². The molecule has 0 aliphatic carbocycles. The molecule has 0 amide bonds. The predicted molar refractivity (Wildman–Crippen MR) is 72.2 cm³/mol. The molecule has 0 spiro atoms. The van der Waals surface area contributed by atoms with Gasteiger partial charge < -0.3 is 10.6 Å². The summed E-state index contributed by atoms with van der Waals surface area (Å²) in [6.45, 7) is 12.1. The maximum Gasteiger partial charge on any atom is 0.195 e. The minimum Gasteiger partial charge on any atom is -0.370 e. The van der Waals surface area contributed by atoms with Crippen LogP contribution in [0.25, 0.3) is 0 Å². The van der Waals surface area contributed by atoms with Gasteiger partial charge in [-0.05, 0) is 17.9 Å². The van der Waals surface area contributed by atoms with Crippen molar-refractivity contribution in [3.63, 3.8) is 0 Å². The van der Waals surface area contributed by atoms with E-state index in [1.807, 2.05) is 20.2 Å². The van der Waals surface area contributed by atoms with Gasteiger partial charge in [0.1, 0.15) is 0 Å². The quantitative estimate of drug-likeness (QED) is 0.440. The van der Waals surface area contributed by atoms with Gasteiger partial charge in [0.05, 0.1) is 5.70 Å². The first kappa shape index (κ1) is 14.5. The Balaban J connectivity index is 4.36. The number of aliphatic imine (C=N–C) groups is 1. The van der Waals surface area contributed by atoms with Crippen molar-refractivity contribution in [1.29, 1.82) is 0 Å². The third-order valence-corrected chi connectivity index (χ3v) is 2.00. The van der Waals surface area contributed by atoms with Crippen molar-refractivity contribution >= 4 is 5.96 Å². The van der Waals surface area contributed by atoms with Gasteiger partial charge in [0.15, 0.2) is 5.96 Å². The average Bonchev–Trinajstić information content (AvgIpc) is 2.16. The Kier molecular flexibility index (Phi) is 6.23. The molecule has 0 saturated heterocycles. The average molecular weight is 221 g/mol. The van der Waals surface area contributed by atoms with Gasteiger partial charge in [-0.2, -0.15) is 0 Å². The number of nitrogens with zero attached hydrogens (tertiary/aromatic N) is 2. The SMILES string of the molecule is C=C(/C=C\CC(C)C)C(=C)/N=C(/N)N(C)C. The standard InChI is InChI=1S/C13H23N3/c1-10(2)8-7-9-11(3)12(4)15-13(14)16(5)6/h7,9-10H,3-4,8H2,1-2,5-6H3,(H2,14,15)/b9-7-. The van der Waals surface area contributed by atoms with Gasteiger partial charge in [-0.15, -0.1) is 0 Å². The highest BCUT2D eigenvalue weighted by Gasteiger charge is 1.98. The third kappa shape index (κ3) is 6.06. The molecule has 90 valence electrons. The highest BCUT2D eigenvalue weighted by atomic mass is 15.2. The predicted octanol–water partition coefficient (Wildman–Crippen LogP) is 2.53. The van der Waals surface area contributed by atoms with E-state index >= 15 is 0 Å². The summed E-state index contributed by atoms with van der Waals surface area (Å²) < 4.78 is 0. The van der Waals surface area contributed by atoms with Gasteiger partial charge in [0, 0.05) is 14.1 Å². The third-order valence-electron chi connectivity index (χ3n) is 2.00. The minimum atomic E-state index is 0.434. The minimum absolute atomic E-state index is 0.434. The molecule has 0 saturated carbocycles. The lowest BCUT2D eigenvalue weighted by Gasteiger charge is -2.11. The van der Waals surface area contributed by atoms with Crippen molar-refractivity contribution in [3.05, 3.63) is 36.6 Å². The Morgan fingerprint density at radius 2 is 1.94 bits per heavy atom. The van der Waals surface area contributed by atoms with Gasteiger partial charge in [-0.25, -0.2) is 4.99 Å². The van der Waals surface area contributed by atoms with Gasteiger partial charge in [0.25, 0.3) is 0 Å². The Morgan fingerprint density at radius 3 is 2.38 bits per heavy atom. The largest absolute Gasteiger partial charge is 0.370 e. The van der Waals surface area contributed by atoms with Crippen molar-refractivity contribution in [2.24, 2.45) is 16.6 Å². The normalized spacial score (nSPS) is 12.2. The molecular weight excluding hydrogens is 198 g/mol. The molecule has 0 unspecified atom stereocenters. The lowest BCUT2D eigenvalue weighted by atomic mass is 10.1. The van der Waals surface area contributed by atoms with Crippen molar-refractivity contribution in [2.75, 3.05) is 14.1 Å². The molecule has 0 radical (unpaired) electrons. The van der Waals surface area contributed by atoms with Gasteiger partial charge in [0.2, 0.25) is 0 Å². The van der Waals surface area contributed by atoms with Crippen LogP contribution in [0, 0.1) is 5.92 Å². The van der Waals surface area contributed by atoms with Crippen LogP contribution in [-0.4, -0.2) is 25.0 Å². The zero-order valence-corrected chi connectivity index (χ0v) is 10.8. The van der Waals surface area contributed by atoms with Crippen LogP contribution in [0.15, 0.2) is 41.6 Å². The second kappa shape index (κ2) is 6.88. The summed E-state index contributed by atoms with van der Waals surface area (Å²) in [6.07, 6.45) is 5.05. The fraction of sp³-hybridized carbons (Fsp3) is 0.462. The Labute approximate surface area is 99.0 Å². The number of rotatable bonds is 5. The van der Waals surface area contributed by atoms with Crippen molar-refractivity contribution in [3.8, 4) is 0 Å². The van der Waals surface area contributed by atoms with E-state index in [0.29, 0.717) is 17.6 Å². The Bertz CT molecular complexity index is 309. The molecule has 3 heteroatoms. The highest BCUT2D eigenvalue weighted by Crippen LogP contribution is 2.10. The van der Waals surface area contributed by atoms with Crippen LogP contribution in [0.4, 0.5) is 0 Å². The van der Waals surface area contributed by atoms with E-state index < -0.39 is 0 Å². The summed E-state index contributed by atoms with van der Waals surface area (Å²) in [7, 11) is 3.67. The molecule has 2 N–H and O–H groups in total. The molecule has 0 aromatic heterocycles. The fourth-order valence-electron chi connectivity index (χ4n) is 0.889. The molecule has 3 nitrogen and oxygen atoms in total. The van der Waals surface area contributed by atoms with E-state index in [1.54, 1.807) is 4.90 Å².